The fraction of sp³-hybridized carbons (Fsp3) is 0.750. The van der Waals surface area contributed by atoms with Crippen molar-refractivity contribution >= 4 is 11.9 Å². The van der Waals surface area contributed by atoms with Crippen LogP contribution in [0.15, 0.2) is 0 Å². The molecule has 0 aromatic heterocycles. The zero-order chi connectivity index (χ0) is 14.4. The number of hydrogen-bond donors (Lipinski definition) is 1. The summed E-state index contributed by atoms with van der Waals surface area (Å²) in [5, 5.41) is 8.50. The van der Waals surface area contributed by atoms with Crippen LogP contribution in [0.1, 0.15) is 51.4 Å². The summed E-state index contributed by atoms with van der Waals surface area (Å²) in [5.74, 6) is 7.26. The first-order chi connectivity index (χ1) is 9.68. The molecular weight excluding hydrogens is 256 g/mol. The maximum Gasteiger partial charge on any atom is 0.305 e. The van der Waals surface area contributed by atoms with Gasteiger partial charge < -0.3 is 9.84 Å². The minimum atomic E-state index is -0.810. The fourth-order valence-corrected chi connectivity index (χ4v) is 3.09. The highest BCUT2D eigenvalue weighted by Crippen LogP contribution is 2.52. The quantitative estimate of drug-likeness (QED) is 0.442. The molecule has 0 radical (unpaired) electrons. The Bertz CT molecular complexity index is 400. The monoisotopic (exact) mass is 278 g/mol. The summed E-state index contributed by atoms with van der Waals surface area (Å²) in [4.78, 5) is 21.9. The van der Waals surface area contributed by atoms with Crippen LogP contribution in [-0.2, 0) is 14.3 Å². The number of unbranched alkanes of at least 4 members (excludes halogenated alkanes) is 1. The van der Waals surface area contributed by atoms with Crippen LogP contribution in [0.25, 0.3) is 0 Å². The molecule has 2 rings (SSSR count). The van der Waals surface area contributed by atoms with Gasteiger partial charge in [-0.2, -0.15) is 0 Å². The second kappa shape index (κ2) is 7.33. The van der Waals surface area contributed by atoms with Crippen LogP contribution in [0.5, 0.6) is 0 Å². The standard InChI is InChI=1S/C16H22O4/c17-15(18)9-5-6-10-16(19)20-11-14-12-7-3-1-2-4-8-13(12)14/h12-14H,3-11H2,(H,17,18). The Hall–Kier alpha value is -1.50. The summed E-state index contributed by atoms with van der Waals surface area (Å²) in [5.41, 5.74) is 0. The molecule has 2 aliphatic carbocycles. The van der Waals surface area contributed by atoms with Gasteiger partial charge in [0.2, 0.25) is 0 Å². The lowest BCUT2D eigenvalue weighted by molar-refractivity contribution is -0.145. The third-order valence-electron chi connectivity index (χ3n) is 4.30. The normalized spacial score (nSPS) is 27.3. The van der Waals surface area contributed by atoms with Gasteiger partial charge in [-0.1, -0.05) is 0 Å². The van der Waals surface area contributed by atoms with Gasteiger partial charge in [-0.15, -0.1) is 11.8 Å². The molecular formula is C16H22O4. The van der Waals surface area contributed by atoms with Crippen LogP contribution < -0.4 is 0 Å². The Morgan fingerprint density at radius 3 is 2.25 bits per heavy atom. The Kier molecular flexibility index (Phi) is 5.46. The third-order valence-corrected chi connectivity index (χ3v) is 4.30. The van der Waals surface area contributed by atoms with Crippen molar-refractivity contribution in [2.24, 2.45) is 17.8 Å². The van der Waals surface area contributed by atoms with Crippen LogP contribution >= 0.6 is 0 Å². The average Bonchev–Trinajstić information content (AvgIpc) is 3.02. The summed E-state index contributed by atoms with van der Waals surface area (Å²) in [6, 6.07) is 0. The first-order valence-electron chi connectivity index (χ1n) is 7.51. The Morgan fingerprint density at radius 1 is 1.05 bits per heavy atom. The molecule has 0 spiro atoms. The first-order valence-corrected chi connectivity index (χ1v) is 7.51. The molecule has 2 aliphatic rings. The number of rotatable bonds is 7. The highest BCUT2D eigenvalue weighted by Gasteiger charge is 2.49. The highest BCUT2D eigenvalue weighted by molar-refractivity contribution is 5.69. The largest absolute Gasteiger partial charge is 0.481 e. The summed E-state index contributed by atoms with van der Waals surface area (Å²) in [6.45, 7) is 0.535. The lowest BCUT2D eigenvalue weighted by atomic mass is 10.1. The summed E-state index contributed by atoms with van der Waals surface area (Å²) < 4.78 is 5.32. The highest BCUT2D eigenvalue weighted by atomic mass is 16.5. The molecule has 0 saturated heterocycles. The van der Waals surface area contributed by atoms with Crippen molar-refractivity contribution in [1.29, 1.82) is 0 Å². The van der Waals surface area contributed by atoms with Gasteiger partial charge >= 0.3 is 11.9 Å². The van der Waals surface area contributed by atoms with Crippen molar-refractivity contribution < 1.29 is 19.4 Å². The zero-order valence-corrected chi connectivity index (χ0v) is 11.8. The second-order valence-electron chi connectivity index (χ2n) is 5.71. The third kappa shape index (κ3) is 4.56. The van der Waals surface area contributed by atoms with E-state index >= 15 is 0 Å². The van der Waals surface area contributed by atoms with Crippen molar-refractivity contribution in [2.45, 2.75) is 51.4 Å². The van der Waals surface area contributed by atoms with Crippen molar-refractivity contribution in [1.82, 2.24) is 0 Å². The molecule has 0 bridgehead atoms. The predicted octanol–water partition coefficient (Wildman–Crippen LogP) is 2.61. The maximum atomic E-state index is 11.6. The number of carbonyl (C=O) groups is 2. The van der Waals surface area contributed by atoms with Crippen LogP contribution in [0.4, 0.5) is 0 Å². The van der Waals surface area contributed by atoms with E-state index in [1.165, 1.54) is 0 Å². The van der Waals surface area contributed by atoms with E-state index in [2.05, 4.69) is 11.8 Å². The number of fused-ring (bicyclic) bond motifs is 1. The second-order valence-corrected chi connectivity index (χ2v) is 5.71. The van der Waals surface area contributed by atoms with Crippen molar-refractivity contribution in [2.75, 3.05) is 6.61 Å². The maximum absolute atomic E-state index is 11.6. The molecule has 4 heteroatoms. The number of hydrogen-bond acceptors (Lipinski definition) is 3. The van der Waals surface area contributed by atoms with Gasteiger partial charge in [-0.25, -0.2) is 0 Å². The number of esters is 1. The lowest BCUT2D eigenvalue weighted by Gasteiger charge is -2.04. The number of ether oxygens (including phenoxy) is 1. The first kappa shape index (κ1) is 14.9. The molecule has 1 N–H and O–H groups in total. The van der Waals surface area contributed by atoms with Crippen molar-refractivity contribution in [3.05, 3.63) is 0 Å². The van der Waals surface area contributed by atoms with Crippen LogP contribution in [-0.4, -0.2) is 23.7 Å². The van der Waals surface area contributed by atoms with E-state index in [4.69, 9.17) is 9.84 Å². The molecule has 4 nitrogen and oxygen atoms in total. The molecule has 0 aromatic rings. The summed E-state index contributed by atoms with van der Waals surface area (Å²) >= 11 is 0. The molecule has 1 fully saturated rings. The average molecular weight is 278 g/mol. The molecule has 0 amide bonds. The lowest BCUT2D eigenvalue weighted by Crippen LogP contribution is -2.08. The van der Waals surface area contributed by atoms with E-state index < -0.39 is 5.97 Å². The molecule has 110 valence electrons. The van der Waals surface area contributed by atoms with Gasteiger partial charge in [0.05, 0.1) is 6.61 Å². The summed E-state index contributed by atoms with van der Waals surface area (Å²) in [7, 11) is 0. The fourth-order valence-electron chi connectivity index (χ4n) is 3.09. The van der Waals surface area contributed by atoms with E-state index in [1.807, 2.05) is 0 Å². The molecule has 0 aliphatic heterocycles. The van der Waals surface area contributed by atoms with Crippen LogP contribution in [0.2, 0.25) is 0 Å². The van der Waals surface area contributed by atoms with Gasteiger partial charge in [0.1, 0.15) is 0 Å². The Morgan fingerprint density at radius 2 is 1.65 bits per heavy atom. The number of aliphatic carboxylic acids is 1. The van der Waals surface area contributed by atoms with E-state index in [0.29, 0.717) is 43.6 Å². The van der Waals surface area contributed by atoms with Crippen LogP contribution in [0.3, 0.4) is 0 Å². The molecule has 2 atom stereocenters. The molecule has 20 heavy (non-hydrogen) atoms. The van der Waals surface area contributed by atoms with E-state index in [1.54, 1.807) is 0 Å². The molecule has 0 heterocycles. The van der Waals surface area contributed by atoms with Gasteiger partial charge in [-0.05, 0) is 43.4 Å². The topological polar surface area (TPSA) is 63.6 Å². The number of carbonyl (C=O) groups excluding carboxylic acids is 1. The minimum absolute atomic E-state index is 0.125. The minimum Gasteiger partial charge on any atom is -0.481 e. The molecule has 0 aromatic carbocycles. The molecule has 2 unspecified atom stereocenters. The predicted molar refractivity (Wildman–Crippen MR) is 73.8 cm³/mol. The van der Waals surface area contributed by atoms with Gasteiger partial charge in [-0.3, -0.25) is 9.59 Å². The van der Waals surface area contributed by atoms with E-state index in [-0.39, 0.29) is 12.4 Å². The van der Waals surface area contributed by atoms with Gasteiger partial charge in [0.25, 0.3) is 0 Å². The number of carboxylic acids is 1. The summed E-state index contributed by atoms with van der Waals surface area (Å²) in [6.07, 6.45) is 5.81. The van der Waals surface area contributed by atoms with Gasteiger partial charge in [0, 0.05) is 25.7 Å². The smallest absolute Gasteiger partial charge is 0.305 e. The van der Waals surface area contributed by atoms with E-state index in [0.717, 1.165) is 25.7 Å². The Labute approximate surface area is 119 Å². The van der Waals surface area contributed by atoms with Crippen molar-refractivity contribution in [3.8, 4) is 11.8 Å². The van der Waals surface area contributed by atoms with Crippen molar-refractivity contribution in [3.63, 3.8) is 0 Å². The Balaban J connectivity index is 1.57. The van der Waals surface area contributed by atoms with Gasteiger partial charge in [0.15, 0.2) is 0 Å². The van der Waals surface area contributed by atoms with Crippen LogP contribution in [0, 0.1) is 29.6 Å². The number of carboxylic acid groups (broad SMARTS) is 1. The SMILES string of the molecule is O=C(O)CCCCC(=O)OCC1C2CCC#CCCC21. The van der Waals surface area contributed by atoms with E-state index in [9.17, 15) is 9.59 Å². The molecule has 1 saturated carbocycles. The zero-order valence-electron chi connectivity index (χ0n) is 11.8.